The van der Waals surface area contributed by atoms with Crippen LogP contribution in [-0.4, -0.2) is 30.7 Å². The molecule has 1 aliphatic rings. The van der Waals surface area contributed by atoms with Crippen LogP contribution in [-0.2, 0) is 9.53 Å². The zero-order valence-electron chi connectivity index (χ0n) is 12.5. The molecular formula is C15H30N2O2. The van der Waals surface area contributed by atoms with Gasteiger partial charge >= 0.3 is 0 Å². The van der Waals surface area contributed by atoms with Gasteiger partial charge in [0.15, 0.2) is 0 Å². The number of rotatable bonds is 9. The predicted octanol–water partition coefficient (Wildman–Crippen LogP) is 2.36. The number of nitrogens with one attached hydrogen (secondary N) is 1. The summed E-state index contributed by atoms with van der Waals surface area (Å²) in [6.07, 6.45) is 8.36. The fourth-order valence-corrected chi connectivity index (χ4v) is 2.80. The van der Waals surface area contributed by atoms with Gasteiger partial charge in [-0.25, -0.2) is 0 Å². The molecule has 2 atom stereocenters. The third-order valence-electron chi connectivity index (χ3n) is 3.99. The van der Waals surface area contributed by atoms with Crippen molar-refractivity contribution in [1.29, 1.82) is 0 Å². The second-order valence-electron chi connectivity index (χ2n) is 5.67. The molecule has 4 nitrogen and oxygen atoms in total. The van der Waals surface area contributed by atoms with Gasteiger partial charge in [-0.1, -0.05) is 26.7 Å². The van der Waals surface area contributed by atoms with Gasteiger partial charge in [0.05, 0.1) is 6.10 Å². The first-order valence-electron chi connectivity index (χ1n) is 7.81. The number of carbonyl (C=O) groups is 1. The molecule has 0 aliphatic heterocycles. The Hall–Kier alpha value is -0.610. The van der Waals surface area contributed by atoms with Crippen molar-refractivity contribution < 1.29 is 9.53 Å². The first-order valence-corrected chi connectivity index (χ1v) is 7.81. The summed E-state index contributed by atoms with van der Waals surface area (Å²) in [7, 11) is 0. The van der Waals surface area contributed by atoms with E-state index in [-0.39, 0.29) is 12.0 Å². The second-order valence-corrected chi connectivity index (χ2v) is 5.67. The molecule has 2 unspecified atom stereocenters. The van der Waals surface area contributed by atoms with E-state index in [1.165, 1.54) is 12.8 Å². The van der Waals surface area contributed by atoms with Gasteiger partial charge in [-0.15, -0.1) is 0 Å². The summed E-state index contributed by atoms with van der Waals surface area (Å²) in [5.74, 6) is -0.220. The van der Waals surface area contributed by atoms with Gasteiger partial charge in [0.1, 0.15) is 5.54 Å². The quantitative estimate of drug-likeness (QED) is 0.632. The largest absolute Gasteiger partial charge is 0.378 e. The van der Waals surface area contributed by atoms with Crippen molar-refractivity contribution in [2.75, 3.05) is 13.2 Å². The minimum absolute atomic E-state index is 0.183. The number of hydrogen-bond donors (Lipinski definition) is 2. The van der Waals surface area contributed by atoms with Crippen LogP contribution in [0.3, 0.4) is 0 Å². The lowest BCUT2D eigenvalue weighted by Gasteiger charge is -2.39. The van der Waals surface area contributed by atoms with Crippen molar-refractivity contribution in [3.05, 3.63) is 0 Å². The summed E-state index contributed by atoms with van der Waals surface area (Å²) < 4.78 is 5.92. The molecule has 0 saturated heterocycles. The Labute approximate surface area is 117 Å². The average molecular weight is 270 g/mol. The third kappa shape index (κ3) is 5.11. The monoisotopic (exact) mass is 270 g/mol. The van der Waals surface area contributed by atoms with E-state index < -0.39 is 5.54 Å². The Kier molecular flexibility index (Phi) is 7.39. The average Bonchev–Trinajstić information content (AvgIpc) is 2.41. The second kappa shape index (κ2) is 8.54. The van der Waals surface area contributed by atoms with Crippen molar-refractivity contribution in [2.24, 2.45) is 5.73 Å². The maximum atomic E-state index is 11.8. The van der Waals surface area contributed by atoms with Gasteiger partial charge in [0, 0.05) is 13.0 Å². The normalized spacial score (nSPS) is 27.4. The molecule has 3 N–H and O–H groups in total. The summed E-state index contributed by atoms with van der Waals surface area (Å²) in [6.45, 7) is 5.93. The minimum Gasteiger partial charge on any atom is -0.378 e. The van der Waals surface area contributed by atoms with Crippen LogP contribution in [0.4, 0.5) is 0 Å². The van der Waals surface area contributed by atoms with Crippen molar-refractivity contribution in [2.45, 2.75) is 76.9 Å². The Morgan fingerprint density at radius 3 is 2.79 bits per heavy atom. The van der Waals surface area contributed by atoms with Crippen LogP contribution in [0.5, 0.6) is 0 Å². The van der Waals surface area contributed by atoms with E-state index in [9.17, 15) is 4.79 Å². The van der Waals surface area contributed by atoms with E-state index in [1.807, 2.05) is 0 Å². The fraction of sp³-hybridized carbons (Fsp3) is 0.933. The number of nitrogens with two attached hydrogens (primary N) is 1. The molecular weight excluding hydrogens is 240 g/mol. The molecule has 112 valence electrons. The smallest absolute Gasteiger partial charge is 0.237 e. The molecule has 1 amide bonds. The molecule has 0 aromatic rings. The van der Waals surface area contributed by atoms with Crippen LogP contribution < -0.4 is 11.1 Å². The highest BCUT2D eigenvalue weighted by Crippen LogP contribution is 2.30. The zero-order valence-corrected chi connectivity index (χ0v) is 12.5. The Balaban J connectivity index is 2.46. The van der Waals surface area contributed by atoms with Gasteiger partial charge in [-0.2, -0.15) is 0 Å². The topological polar surface area (TPSA) is 64.3 Å². The van der Waals surface area contributed by atoms with E-state index in [0.29, 0.717) is 0 Å². The summed E-state index contributed by atoms with van der Waals surface area (Å²) in [6, 6.07) is 0. The van der Waals surface area contributed by atoms with E-state index in [1.54, 1.807) is 0 Å². The minimum atomic E-state index is -0.538. The molecule has 0 radical (unpaired) electrons. The predicted molar refractivity (Wildman–Crippen MR) is 78.0 cm³/mol. The molecule has 0 heterocycles. The van der Waals surface area contributed by atoms with Crippen LogP contribution in [0.2, 0.25) is 0 Å². The van der Waals surface area contributed by atoms with Crippen molar-refractivity contribution in [3.8, 4) is 0 Å². The molecule has 1 saturated carbocycles. The summed E-state index contributed by atoms with van der Waals surface area (Å²) in [4.78, 5) is 11.8. The maximum absolute atomic E-state index is 11.8. The third-order valence-corrected chi connectivity index (χ3v) is 3.99. The van der Waals surface area contributed by atoms with Crippen LogP contribution in [0.25, 0.3) is 0 Å². The molecule has 4 heteroatoms. The van der Waals surface area contributed by atoms with E-state index in [4.69, 9.17) is 10.5 Å². The Morgan fingerprint density at radius 1 is 1.37 bits per heavy atom. The molecule has 0 aromatic heterocycles. The molecule has 1 rings (SSSR count). The summed E-state index contributed by atoms with van der Waals surface area (Å²) in [5.41, 5.74) is 5.09. The number of amides is 1. The first-order chi connectivity index (χ1) is 9.14. The molecule has 0 bridgehead atoms. The fourth-order valence-electron chi connectivity index (χ4n) is 2.80. The van der Waals surface area contributed by atoms with E-state index >= 15 is 0 Å². The van der Waals surface area contributed by atoms with E-state index in [0.717, 1.165) is 51.7 Å². The van der Waals surface area contributed by atoms with Crippen LogP contribution >= 0.6 is 0 Å². The lowest BCUT2D eigenvalue weighted by molar-refractivity contribution is -0.128. The molecule has 0 aromatic carbocycles. The van der Waals surface area contributed by atoms with Crippen LogP contribution in [0.15, 0.2) is 0 Å². The maximum Gasteiger partial charge on any atom is 0.237 e. The number of unbranched alkanes of at least 4 members (excludes halogenated alkanes) is 2. The Bertz CT molecular complexity index is 271. The molecule has 1 fully saturated rings. The van der Waals surface area contributed by atoms with Crippen molar-refractivity contribution in [3.63, 3.8) is 0 Å². The highest BCUT2D eigenvalue weighted by Gasteiger charge is 2.41. The molecule has 19 heavy (non-hydrogen) atoms. The highest BCUT2D eigenvalue weighted by atomic mass is 16.5. The van der Waals surface area contributed by atoms with Gasteiger partial charge < -0.3 is 15.8 Å². The number of hydrogen-bond acceptors (Lipinski definition) is 3. The zero-order chi connectivity index (χ0) is 14.1. The number of carbonyl (C=O) groups excluding carboxylic acids is 1. The standard InChI is InChI=1S/C15H30N2O2/c1-3-5-6-11-19-13-8-7-9-15(12-13,14(16)18)17-10-4-2/h13,17H,3-12H2,1-2H3,(H2,16,18). The van der Waals surface area contributed by atoms with Gasteiger partial charge in [-0.3, -0.25) is 4.79 Å². The SMILES string of the molecule is CCCCCOC1CCCC(NCCC)(C(N)=O)C1. The Morgan fingerprint density at radius 2 is 2.16 bits per heavy atom. The lowest BCUT2D eigenvalue weighted by Crippen LogP contribution is -2.59. The van der Waals surface area contributed by atoms with Crippen molar-refractivity contribution in [1.82, 2.24) is 5.32 Å². The summed E-state index contributed by atoms with van der Waals surface area (Å²) in [5, 5.41) is 3.36. The summed E-state index contributed by atoms with van der Waals surface area (Å²) >= 11 is 0. The van der Waals surface area contributed by atoms with Gasteiger partial charge in [0.25, 0.3) is 0 Å². The molecule has 1 aliphatic carbocycles. The van der Waals surface area contributed by atoms with Crippen LogP contribution in [0.1, 0.15) is 65.2 Å². The lowest BCUT2D eigenvalue weighted by atomic mass is 9.79. The van der Waals surface area contributed by atoms with E-state index in [2.05, 4.69) is 19.2 Å². The first kappa shape index (κ1) is 16.4. The molecule has 0 spiro atoms. The number of ether oxygens (including phenoxy) is 1. The van der Waals surface area contributed by atoms with Crippen LogP contribution in [0, 0.1) is 0 Å². The van der Waals surface area contributed by atoms with Crippen molar-refractivity contribution >= 4 is 5.91 Å². The van der Waals surface area contributed by atoms with Gasteiger partial charge in [0.2, 0.25) is 5.91 Å². The van der Waals surface area contributed by atoms with Gasteiger partial charge in [-0.05, 0) is 38.6 Å². The highest BCUT2D eigenvalue weighted by molar-refractivity contribution is 5.84. The number of primary amides is 1.